The molecule has 1 N–H and O–H groups in total. The lowest BCUT2D eigenvalue weighted by Gasteiger charge is -2.25. The molecule has 1 aromatic rings. The van der Waals surface area contributed by atoms with Crippen LogP contribution in [0.1, 0.15) is 19.4 Å². The van der Waals surface area contributed by atoms with Gasteiger partial charge in [-0.05, 0) is 17.7 Å². The molecule has 0 fully saturated rings. The highest BCUT2D eigenvalue weighted by molar-refractivity contribution is 6.18. The predicted octanol–water partition coefficient (Wildman–Crippen LogP) is 2.52. The first-order valence-corrected chi connectivity index (χ1v) is 6.34. The zero-order valence-corrected chi connectivity index (χ0v) is 11.0. The first-order valence-electron chi connectivity index (χ1n) is 5.80. The molecule has 2 rings (SSSR count). The average molecular weight is 256 g/mol. The molecule has 94 valence electrons. The van der Waals surface area contributed by atoms with Gasteiger partial charge in [0.2, 0.25) is 6.79 Å². The van der Waals surface area contributed by atoms with Crippen molar-refractivity contribution in [2.75, 3.05) is 25.8 Å². The molecule has 0 aliphatic carbocycles. The number of rotatable bonds is 5. The second-order valence-electron chi connectivity index (χ2n) is 4.82. The van der Waals surface area contributed by atoms with Gasteiger partial charge in [0.15, 0.2) is 11.5 Å². The van der Waals surface area contributed by atoms with Gasteiger partial charge in [-0.2, -0.15) is 0 Å². The van der Waals surface area contributed by atoms with E-state index in [9.17, 15) is 0 Å². The van der Waals surface area contributed by atoms with Crippen LogP contribution in [0.4, 0.5) is 0 Å². The van der Waals surface area contributed by atoms with Crippen molar-refractivity contribution in [2.45, 2.75) is 19.3 Å². The molecule has 4 heteroatoms. The van der Waals surface area contributed by atoms with Crippen LogP contribution in [0, 0.1) is 0 Å². The van der Waals surface area contributed by atoms with Gasteiger partial charge in [-0.3, -0.25) is 0 Å². The fraction of sp³-hybridized carbons (Fsp3) is 0.538. The maximum atomic E-state index is 5.65. The first-order chi connectivity index (χ1) is 8.13. The molecule has 17 heavy (non-hydrogen) atoms. The summed E-state index contributed by atoms with van der Waals surface area (Å²) >= 11 is 5.65. The molecule has 0 saturated carbocycles. The van der Waals surface area contributed by atoms with Crippen LogP contribution in [0.5, 0.6) is 11.5 Å². The van der Waals surface area contributed by atoms with E-state index in [4.69, 9.17) is 21.1 Å². The Morgan fingerprint density at radius 3 is 2.82 bits per heavy atom. The third kappa shape index (κ3) is 2.85. The highest BCUT2D eigenvalue weighted by Crippen LogP contribution is 2.36. The summed E-state index contributed by atoms with van der Waals surface area (Å²) in [6.07, 6.45) is 0. The summed E-state index contributed by atoms with van der Waals surface area (Å²) in [5.41, 5.74) is 1.29. The summed E-state index contributed by atoms with van der Waals surface area (Å²) in [5.74, 6) is 2.31. The molecule has 0 aromatic heterocycles. The molecule has 1 aliphatic heterocycles. The second-order valence-corrected chi connectivity index (χ2v) is 5.20. The highest BCUT2D eigenvalue weighted by Gasteiger charge is 2.23. The lowest BCUT2D eigenvalue weighted by atomic mass is 9.84. The maximum absolute atomic E-state index is 5.65. The fourth-order valence-electron chi connectivity index (χ4n) is 1.89. The van der Waals surface area contributed by atoms with Crippen molar-refractivity contribution in [3.8, 4) is 11.5 Å². The smallest absolute Gasteiger partial charge is 0.231 e. The number of hydrogen-bond donors (Lipinski definition) is 1. The summed E-state index contributed by atoms with van der Waals surface area (Å²) in [4.78, 5) is 0. The SMILES string of the molecule is CC(C)(CNCCCl)c1ccc2c(c1)OCO2. The summed E-state index contributed by atoms with van der Waals surface area (Å²) in [6.45, 7) is 6.44. The van der Waals surface area contributed by atoms with E-state index in [0.29, 0.717) is 12.7 Å². The summed E-state index contributed by atoms with van der Waals surface area (Å²) in [5, 5.41) is 3.34. The highest BCUT2D eigenvalue weighted by atomic mass is 35.5. The fourth-order valence-corrected chi connectivity index (χ4v) is 2.02. The summed E-state index contributed by atoms with van der Waals surface area (Å²) in [6, 6.07) is 6.13. The second kappa shape index (κ2) is 5.15. The van der Waals surface area contributed by atoms with Crippen molar-refractivity contribution in [3.05, 3.63) is 23.8 Å². The zero-order chi connectivity index (χ0) is 12.3. The van der Waals surface area contributed by atoms with Gasteiger partial charge in [0, 0.05) is 24.4 Å². The van der Waals surface area contributed by atoms with Crippen molar-refractivity contribution in [1.29, 1.82) is 0 Å². The van der Waals surface area contributed by atoms with Crippen LogP contribution in [0.15, 0.2) is 18.2 Å². The number of fused-ring (bicyclic) bond motifs is 1. The third-order valence-corrected chi connectivity index (χ3v) is 3.18. The third-order valence-electron chi connectivity index (χ3n) is 2.99. The van der Waals surface area contributed by atoms with E-state index in [0.717, 1.165) is 24.6 Å². The van der Waals surface area contributed by atoms with E-state index in [-0.39, 0.29) is 5.41 Å². The van der Waals surface area contributed by atoms with Crippen LogP contribution in [0.25, 0.3) is 0 Å². The van der Waals surface area contributed by atoms with Gasteiger partial charge in [-0.15, -0.1) is 11.6 Å². The molecule has 0 saturated heterocycles. The first kappa shape index (κ1) is 12.5. The summed E-state index contributed by atoms with van der Waals surface area (Å²) < 4.78 is 10.7. The van der Waals surface area contributed by atoms with Crippen LogP contribution < -0.4 is 14.8 Å². The van der Waals surface area contributed by atoms with Gasteiger partial charge in [-0.25, -0.2) is 0 Å². The standard InChI is InChI=1S/C13H18ClNO2/c1-13(2,8-15-6-5-14)10-3-4-11-12(7-10)17-9-16-11/h3-4,7,15H,5-6,8-9H2,1-2H3. The summed E-state index contributed by atoms with van der Waals surface area (Å²) in [7, 11) is 0. The molecule has 1 aliphatic rings. The van der Waals surface area contributed by atoms with Gasteiger partial charge in [0.05, 0.1) is 0 Å². The number of nitrogens with one attached hydrogen (secondary N) is 1. The molecular formula is C13H18ClNO2. The van der Waals surface area contributed by atoms with E-state index in [1.807, 2.05) is 6.07 Å². The Labute approximate surface area is 107 Å². The van der Waals surface area contributed by atoms with Gasteiger partial charge >= 0.3 is 0 Å². The van der Waals surface area contributed by atoms with Gasteiger partial charge in [0.25, 0.3) is 0 Å². The lowest BCUT2D eigenvalue weighted by molar-refractivity contribution is 0.174. The van der Waals surface area contributed by atoms with Crippen LogP contribution in [-0.4, -0.2) is 25.8 Å². The predicted molar refractivity (Wildman–Crippen MR) is 69.2 cm³/mol. The van der Waals surface area contributed by atoms with Gasteiger partial charge < -0.3 is 14.8 Å². The Balaban J connectivity index is 2.10. The van der Waals surface area contributed by atoms with E-state index >= 15 is 0 Å². The normalized spacial score (nSPS) is 14.1. The minimum Gasteiger partial charge on any atom is -0.454 e. The Hall–Kier alpha value is -0.930. The van der Waals surface area contributed by atoms with Crippen molar-refractivity contribution in [2.24, 2.45) is 0 Å². The molecule has 0 radical (unpaired) electrons. The van der Waals surface area contributed by atoms with Crippen LogP contribution in [-0.2, 0) is 5.41 Å². The Bertz CT molecular complexity index is 393. The van der Waals surface area contributed by atoms with Crippen LogP contribution in [0.3, 0.4) is 0 Å². The molecule has 3 nitrogen and oxygen atoms in total. The zero-order valence-electron chi connectivity index (χ0n) is 10.3. The molecular weight excluding hydrogens is 238 g/mol. The molecule has 0 unspecified atom stereocenters. The van der Waals surface area contributed by atoms with Crippen molar-refractivity contribution < 1.29 is 9.47 Å². The van der Waals surface area contributed by atoms with Gasteiger partial charge in [-0.1, -0.05) is 19.9 Å². The molecule has 1 aromatic carbocycles. The topological polar surface area (TPSA) is 30.5 Å². The molecule has 0 spiro atoms. The Kier molecular flexibility index (Phi) is 3.79. The quantitative estimate of drug-likeness (QED) is 0.648. The van der Waals surface area contributed by atoms with Gasteiger partial charge in [0.1, 0.15) is 0 Å². The Morgan fingerprint density at radius 1 is 1.29 bits per heavy atom. The van der Waals surface area contributed by atoms with Crippen molar-refractivity contribution >= 4 is 11.6 Å². The van der Waals surface area contributed by atoms with Crippen molar-refractivity contribution in [1.82, 2.24) is 5.32 Å². The number of hydrogen-bond acceptors (Lipinski definition) is 3. The molecule has 0 amide bonds. The number of ether oxygens (including phenoxy) is 2. The van der Waals surface area contributed by atoms with E-state index in [1.165, 1.54) is 5.56 Å². The van der Waals surface area contributed by atoms with E-state index in [2.05, 4.69) is 31.3 Å². The minimum atomic E-state index is 0.0486. The number of halogens is 1. The van der Waals surface area contributed by atoms with E-state index < -0.39 is 0 Å². The van der Waals surface area contributed by atoms with Crippen LogP contribution >= 0.6 is 11.6 Å². The lowest BCUT2D eigenvalue weighted by Crippen LogP contribution is -2.33. The molecule has 0 atom stereocenters. The van der Waals surface area contributed by atoms with Crippen LogP contribution in [0.2, 0.25) is 0 Å². The average Bonchev–Trinajstić information content (AvgIpc) is 2.76. The molecule has 0 bridgehead atoms. The number of alkyl halides is 1. The molecule has 1 heterocycles. The minimum absolute atomic E-state index is 0.0486. The van der Waals surface area contributed by atoms with E-state index in [1.54, 1.807) is 0 Å². The maximum Gasteiger partial charge on any atom is 0.231 e. The Morgan fingerprint density at radius 2 is 2.06 bits per heavy atom. The number of benzene rings is 1. The largest absolute Gasteiger partial charge is 0.454 e. The van der Waals surface area contributed by atoms with Crippen molar-refractivity contribution in [3.63, 3.8) is 0 Å². The monoisotopic (exact) mass is 255 g/mol.